The summed E-state index contributed by atoms with van der Waals surface area (Å²) >= 11 is 0. The first-order chi connectivity index (χ1) is 13.2. The number of carbonyl (C=O) groups is 3. The van der Waals surface area contributed by atoms with Gasteiger partial charge in [-0.25, -0.2) is 0 Å². The van der Waals surface area contributed by atoms with E-state index in [2.05, 4.69) is 19.2 Å². The van der Waals surface area contributed by atoms with E-state index in [9.17, 15) is 14.4 Å². The quantitative estimate of drug-likeness (QED) is 0.697. The number of rotatable bonds is 7. The topological polar surface area (TPSA) is 102 Å². The zero-order valence-corrected chi connectivity index (χ0v) is 16.8. The zero-order chi connectivity index (χ0) is 20.5. The lowest BCUT2D eigenvalue weighted by Gasteiger charge is -2.31. The van der Waals surface area contributed by atoms with Crippen molar-refractivity contribution in [2.24, 2.45) is 11.7 Å². The molecule has 2 aliphatic rings. The second-order valence-electron chi connectivity index (χ2n) is 8.43. The molecule has 3 N–H and O–H groups in total. The Balaban J connectivity index is 1.77. The second-order valence-corrected chi connectivity index (χ2v) is 8.43. The van der Waals surface area contributed by atoms with Gasteiger partial charge >= 0.3 is 0 Å². The Hall–Kier alpha value is -2.25. The number of imide groups is 1. The Labute approximate surface area is 165 Å². The lowest BCUT2D eigenvalue weighted by molar-refractivity contribution is 0.0475. The summed E-state index contributed by atoms with van der Waals surface area (Å²) in [4.78, 5) is 39.3. The molecule has 0 aromatic heterocycles. The molecule has 0 radical (unpaired) electrons. The fraction of sp³-hybridized carbons (Fsp3) is 0.571. The number of nitrogens with one attached hydrogen (secondary N) is 1. The number of hydrogen-bond donors (Lipinski definition) is 2. The Bertz CT molecular complexity index is 786. The molecule has 0 aliphatic carbocycles. The van der Waals surface area contributed by atoms with Crippen LogP contribution < -0.4 is 11.1 Å². The van der Waals surface area contributed by atoms with Crippen molar-refractivity contribution in [3.63, 3.8) is 0 Å². The van der Waals surface area contributed by atoms with Crippen LogP contribution in [0.4, 0.5) is 0 Å². The van der Waals surface area contributed by atoms with Gasteiger partial charge in [-0.05, 0) is 50.3 Å². The third kappa shape index (κ3) is 4.10. The molecule has 152 valence electrons. The van der Waals surface area contributed by atoms with Crippen LogP contribution in [0.5, 0.6) is 0 Å². The predicted octanol–water partition coefficient (Wildman–Crippen LogP) is 1.95. The molecular formula is C21H29N3O4. The highest BCUT2D eigenvalue weighted by Gasteiger charge is 2.38. The van der Waals surface area contributed by atoms with Gasteiger partial charge in [-0.3, -0.25) is 19.3 Å². The molecule has 7 heteroatoms. The van der Waals surface area contributed by atoms with Gasteiger partial charge in [0, 0.05) is 24.3 Å². The standard InChI is InChI=1S/C21H29N3O4/c1-13(2)10-21(3,12-22)23-18(25)14-6-7-16-17(9-14)20(27)24(19(16)26)11-15-5-4-8-28-15/h6-7,9,13,15H,4-5,8,10-12,22H2,1-3H3,(H,23,25). The van der Waals surface area contributed by atoms with Crippen LogP contribution >= 0.6 is 0 Å². The molecule has 0 spiro atoms. The summed E-state index contributed by atoms with van der Waals surface area (Å²) in [6, 6.07) is 4.65. The second kappa shape index (κ2) is 8.01. The minimum atomic E-state index is -0.532. The van der Waals surface area contributed by atoms with Gasteiger partial charge in [0.2, 0.25) is 0 Å². The van der Waals surface area contributed by atoms with Gasteiger partial charge in [-0.15, -0.1) is 0 Å². The van der Waals surface area contributed by atoms with Gasteiger partial charge in [0.15, 0.2) is 0 Å². The number of nitrogens with zero attached hydrogens (tertiary/aromatic N) is 1. The van der Waals surface area contributed by atoms with Crippen LogP contribution in [0.15, 0.2) is 18.2 Å². The van der Waals surface area contributed by atoms with E-state index in [0.29, 0.717) is 30.2 Å². The number of carbonyl (C=O) groups excluding carboxylic acids is 3. The Kier molecular flexibility index (Phi) is 5.86. The minimum Gasteiger partial charge on any atom is -0.376 e. The summed E-state index contributed by atoms with van der Waals surface area (Å²) in [5.41, 5.74) is 6.30. The first-order valence-electron chi connectivity index (χ1n) is 9.88. The molecule has 2 unspecified atom stereocenters. The lowest BCUT2D eigenvalue weighted by atomic mass is 9.90. The maximum absolute atomic E-state index is 12.8. The van der Waals surface area contributed by atoms with Crippen molar-refractivity contribution >= 4 is 17.7 Å². The highest BCUT2D eigenvalue weighted by Crippen LogP contribution is 2.26. The van der Waals surface area contributed by atoms with Crippen molar-refractivity contribution in [3.8, 4) is 0 Å². The smallest absolute Gasteiger partial charge is 0.261 e. The van der Waals surface area contributed by atoms with E-state index in [-0.39, 0.29) is 35.9 Å². The molecule has 0 saturated carbocycles. The first-order valence-corrected chi connectivity index (χ1v) is 9.88. The maximum Gasteiger partial charge on any atom is 0.261 e. The van der Waals surface area contributed by atoms with Crippen LogP contribution in [0.3, 0.4) is 0 Å². The first kappa shape index (κ1) is 20.5. The average molecular weight is 387 g/mol. The van der Waals surface area contributed by atoms with Crippen LogP contribution in [-0.2, 0) is 4.74 Å². The van der Waals surface area contributed by atoms with Crippen LogP contribution in [0.1, 0.15) is 71.1 Å². The summed E-state index contributed by atoms with van der Waals surface area (Å²) in [6.07, 6.45) is 2.42. The molecule has 1 aromatic carbocycles. The van der Waals surface area contributed by atoms with E-state index < -0.39 is 5.54 Å². The average Bonchev–Trinajstić information content (AvgIpc) is 3.24. The van der Waals surface area contributed by atoms with E-state index in [1.165, 1.54) is 11.0 Å². The van der Waals surface area contributed by atoms with Crippen LogP contribution in [0.2, 0.25) is 0 Å². The molecule has 3 rings (SSSR count). The summed E-state index contributed by atoms with van der Waals surface area (Å²) in [5.74, 6) is -0.614. The zero-order valence-electron chi connectivity index (χ0n) is 16.8. The number of benzene rings is 1. The van der Waals surface area contributed by atoms with Gasteiger partial charge in [0.25, 0.3) is 17.7 Å². The Morgan fingerprint density at radius 2 is 2.04 bits per heavy atom. The van der Waals surface area contributed by atoms with Gasteiger partial charge < -0.3 is 15.8 Å². The van der Waals surface area contributed by atoms with Crippen molar-refractivity contribution in [3.05, 3.63) is 34.9 Å². The molecule has 2 aliphatic heterocycles. The molecule has 28 heavy (non-hydrogen) atoms. The molecular weight excluding hydrogens is 358 g/mol. The molecule has 1 aromatic rings. The van der Waals surface area contributed by atoms with Crippen molar-refractivity contribution in [1.29, 1.82) is 0 Å². The van der Waals surface area contributed by atoms with E-state index >= 15 is 0 Å². The van der Waals surface area contributed by atoms with Crippen molar-refractivity contribution < 1.29 is 19.1 Å². The summed E-state index contributed by atoms with van der Waals surface area (Å²) < 4.78 is 5.55. The third-order valence-electron chi connectivity index (χ3n) is 5.37. The number of nitrogens with two attached hydrogens (primary N) is 1. The highest BCUT2D eigenvalue weighted by molar-refractivity contribution is 6.22. The van der Waals surface area contributed by atoms with Crippen LogP contribution in [0.25, 0.3) is 0 Å². The number of hydrogen-bond acceptors (Lipinski definition) is 5. The third-order valence-corrected chi connectivity index (χ3v) is 5.37. The van der Waals surface area contributed by atoms with Gasteiger partial charge in [-0.1, -0.05) is 13.8 Å². The molecule has 2 atom stereocenters. The molecule has 1 fully saturated rings. The fourth-order valence-corrected chi connectivity index (χ4v) is 4.02. The summed E-state index contributed by atoms with van der Waals surface area (Å²) in [5, 5.41) is 2.98. The SMILES string of the molecule is CC(C)CC(C)(CN)NC(=O)c1ccc2c(c1)C(=O)N(CC1CCCO1)C2=O. The molecule has 7 nitrogen and oxygen atoms in total. The monoisotopic (exact) mass is 387 g/mol. The van der Waals surface area contributed by atoms with E-state index in [0.717, 1.165) is 19.3 Å². The van der Waals surface area contributed by atoms with E-state index in [1.807, 2.05) is 6.92 Å². The van der Waals surface area contributed by atoms with Gasteiger partial charge in [-0.2, -0.15) is 0 Å². The Morgan fingerprint density at radius 3 is 2.64 bits per heavy atom. The predicted molar refractivity (Wildman–Crippen MR) is 105 cm³/mol. The largest absolute Gasteiger partial charge is 0.376 e. The summed E-state index contributed by atoms with van der Waals surface area (Å²) in [7, 11) is 0. The van der Waals surface area contributed by atoms with Gasteiger partial charge in [0.1, 0.15) is 0 Å². The molecule has 2 heterocycles. The van der Waals surface area contributed by atoms with Crippen LogP contribution in [-0.4, -0.2) is 54.0 Å². The minimum absolute atomic E-state index is 0.105. The molecule has 3 amide bonds. The van der Waals surface area contributed by atoms with Gasteiger partial charge in [0.05, 0.1) is 23.8 Å². The highest BCUT2D eigenvalue weighted by atomic mass is 16.5. The van der Waals surface area contributed by atoms with Crippen molar-refractivity contribution in [2.75, 3.05) is 19.7 Å². The fourth-order valence-electron chi connectivity index (χ4n) is 4.02. The Morgan fingerprint density at radius 1 is 1.32 bits per heavy atom. The molecule has 0 bridgehead atoms. The van der Waals surface area contributed by atoms with Crippen molar-refractivity contribution in [1.82, 2.24) is 10.2 Å². The van der Waals surface area contributed by atoms with E-state index in [1.54, 1.807) is 12.1 Å². The maximum atomic E-state index is 12.8. The van der Waals surface area contributed by atoms with Crippen LogP contribution in [0, 0.1) is 5.92 Å². The molecule has 1 saturated heterocycles. The normalized spacial score (nSPS) is 21.2. The van der Waals surface area contributed by atoms with E-state index in [4.69, 9.17) is 10.5 Å². The number of fused-ring (bicyclic) bond motifs is 1. The lowest BCUT2D eigenvalue weighted by Crippen LogP contribution is -2.52. The summed E-state index contributed by atoms with van der Waals surface area (Å²) in [6.45, 7) is 7.29. The number of ether oxygens (including phenoxy) is 1. The van der Waals surface area contributed by atoms with Crippen molar-refractivity contribution in [2.45, 2.75) is 51.7 Å². The number of amides is 3.